The Bertz CT molecular complexity index is 633. The third-order valence-electron chi connectivity index (χ3n) is 5.78. The lowest BCUT2D eigenvalue weighted by molar-refractivity contribution is -0.138. The topological polar surface area (TPSA) is 52.7 Å². The van der Waals surface area contributed by atoms with Crippen LogP contribution in [0.4, 0.5) is 10.1 Å². The summed E-state index contributed by atoms with van der Waals surface area (Å²) >= 11 is 0. The minimum absolute atomic E-state index is 0.0533. The molecule has 27 heavy (non-hydrogen) atoms. The molecule has 0 spiro atoms. The van der Waals surface area contributed by atoms with Crippen LogP contribution in [-0.2, 0) is 9.59 Å². The predicted octanol–water partition coefficient (Wildman–Crippen LogP) is 2.81. The van der Waals surface area contributed by atoms with Crippen molar-refractivity contribution in [2.24, 2.45) is 11.8 Å². The van der Waals surface area contributed by atoms with Crippen molar-refractivity contribution < 1.29 is 14.0 Å². The Morgan fingerprint density at radius 2 is 1.59 bits per heavy atom. The van der Waals surface area contributed by atoms with E-state index in [0.29, 0.717) is 13.1 Å². The van der Waals surface area contributed by atoms with Crippen LogP contribution >= 0.6 is 0 Å². The van der Waals surface area contributed by atoms with Gasteiger partial charge < -0.3 is 15.1 Å². The predicted molar refractivity (Wildman–Crippen MR) is 104 cm³/mol. The molecule has 0 aromatic heterocycles. The number of rotatable bonds is 5. The van der Waals surface area contributed by atoms with Gasteiger partial charge in [-0.25, -0.2) is 4.39 Å². The number of halogens is 1. The molecule has 0 radical (unpaired) electrons. The summed E-state index contributed by atoms with van der Waals surface area (Å²) in [4.78, 5) is 29.1. The highest BCUT2D eigenvalue weighted by Crippen LogP contribution is 2.30. The van der Waals surface area contributed by atoms with E-state index in [2.05, 4.69) is 10.2 Å². The molecular weight excluding hydrogens is 345 g/mol. The van der Waals surface area contributed by atoms with Crippen LogP contribution in [0.5, 0.6) is 0 Å². The first-order valence-electron chi connectivity index (χ1n) is 10.2. The Balaban J connectivity index is 1.44. The molecule has 0 bridgehead atoms. The van der Waals surface area contributed by atoms with Crippen molar-refractivity contribution in [2.45, 2.75) is 39.0 Å². The van der Waals surface area contributed by atoms with E-state index in [4.69, 9.17) is 0 Å². The fraction of sp³-hybridized carbons (Fsp3) is 0.619. The van der Waals surface area contributed by atoms with Crippen LogP contribution in [0.25, 0.3) is 0 Å². The van der Waals surface area contributed by atoms with Gasteiger partial charge in [0.2, 0.25) is 11.8 Å². The molecule has 1 N–H and O–H groups in total. The summed E-state index contributed by atoms with van der Waals surface area (Å²) in [5, 5.41) is 2.97. The maximum atomic E-state index is 13.1. The second-order valence-corrected chi connectivity index (χ2v) is 7.63. The molecule has 2 fully saturated rings. The molecule has 148 valence electrons. The lowest BCUT2D eigenvalue weighted by Gasteiger charge is -2.38. The third kappa shape index (κ3) is 4.99. The molecule has 1 heterocycles. The van der Waals surface area contributed by atoms with Crippen LogP contribution in [0.15, 0.2) is 24.3 Å². The van der Waals surface area contributed by atoms with Gasteiger partial charge in [0.15, 0.2) is 0 Å². The van der Waals surface area contributed by atoms with Crippen molar-refractivity contribution >= 4 is 17.5 Å². The summed E-state index contributed by atoms with van der Waals surface area (Å²) in [6.07, 6.45) is 4.18. The molecule has 2 amide bonds. The quantitative estimate of drug-likeness (QED) is 0.861. The number of benzene rings is 1. The fourth-order valence-electron chi connectivity index (χ4n) is 4.09. The second-order valence-electron chi connectivity index (χ2n) is 7.63. The Morgan fingerprint density at radius 3 is 2.19 bits per heavy atom. The standard InChI is InChI=1S/C21H30FN3O2/c1-2-11-23-20(26)16-3-5-17(6-4-16)21(27)25-14-12-24(13-15-25)19-9-7-18(22)8-10-19/h7-10,16-17H,2-6,11-15H2,1H3,(H,23,26). The van der Waals surface area contributed by atoms with E-state index in [1.807, 2.05) is 11.8 Å². The molecule has 1 aromatic rings. The number of hydrogen-bond acceptors (Lipinski definition) is 3. The van der Waals surface area contributed by atoms with Crippen molar-refractivity contribution in [3.05, 3.63) is 30.1 Å². The van der Waals surface area contributed by atoms with Crippen molar-refractivity contribution in [2.75, 3.05) is 37.6 Å². The van der Waals surface area contributed by atoms with Gasteiger partial charge in [0.05, 0.1) is 0 Å². The summed E-state index contributed by atoms with van der Waals surface area (Å²) in [7, 11) is 0. The molecule has 1 saturated carbocycles. The Kier molecular flexibility index (Phi) is 6.69. The van der Waals surface area contributed by atoms with Crippen molar-refractivity contribution in [3.8, 4) is 0 Å². The first-order valence-corrected chi connectivity index (χ1v) is 10.2. The molecule has 1 aromatic carbocycles. The second kappa shape index (κ2) is 9.20. The molecule has 1 aliphatic carbocycles. The first-order chi connectivity index (χ1) is 13.1. The maximum absolute atomic E-state index is 13.1. The normalized spacial score (nSPS) is 23.2. The minimum Gasteiger partial charge on any atom is -0.368 e. The van der Waals surface area contributed by atoms with Crippen LogP contribution in [0, 0.1) is 17.7 Å². The molecular formula is C21H30FN3O2. The van der Waals surface area contributed by atoms with Crippen molar-refractivity contribution in [1.82, 2.24) is 10.2 Å². The summed E-state index contributed by atoms with van der Waals surface area (Å²) in [5.74, 6) is 0.275. The maximum Gasteiger partial charge on any atom is 0.225 e. The third-order valence-corrected chi connectivity index (χ3v) is 5.78. The number of anilines is 1. The zero-order valence-corrected chi connectivity index (χ0v) is 16.1. The lowest BCUT2D eigenvalue weighted by Crippen LogP contribution is -2.51. The summed E-state index contributed by atoms with van der Waals surface area (Å²) in [6.45, 7) is 5.72. The van der Waals surface area contributed by atoms with Gasteiger partial charge in [-0.15, -0.1) is 0 Å². The number of nitrogens with one attached hydrogen (secondary N) is 1. The van der Waals surface area contributed by atoms with E-state index < -0.39 is 0 Å². The molecule has 3 rings (SSSR count). The highest BCUT2D eigenvalue weighted by molar-refractivity contribution is 5.81. The SMILES string of the molecule is CCCNC(=O)C1CCC(C(=O)N2CCN(c3ccc(F)cc3)CC2)CC1. The summed E-state index contributed by atoms with van der Waals surface area (Å²) in [5.41, 5.74) is 1.00. The fourth-order valence-corrected chi connectivity index (χ4v) is 4.09. The van der Waals surface area contributed by atoms with Crippen LogP contribution in [-0.4, -0.2) is 49.4 Å². The molecule has 5 nitrogen and oxygen atoms in total. The Hall–Kier alpha value is -2.11. The first kappa shape index (κ1) is 19.6. The zero-order chi connectivity index (χ0) is 19.2. The van der Waals surface area contributed by atoms with E-state index in [1.54, 1.807) is 12.1 Å². The highest BCUT2D eigenvalue weighted by atomic mass is 19.1. The van der Waals surface area contributed by atoms with Gasteiger partial charge in [-0.3, -0.25) is 9.59 Å². The van der Waals surface area contributed by atoms with Crippen molar-refractivity contribution in [1.29, 1.82) is 0 Å². The molecule has 0 atom stereocenters. The number of carbonyl (C=O) groups is 2. The highest BCUT2D eigenvalue weighted by Gasteiger charge is 2.33. The van der Waals surface area contributed by atoms with Gasteiger partial charge >= 0.3 is 0 Å². The molecule has 0 unspecified atom stereocenters. The smallest absolute Gasteiger partial charge is 0.225 e. The van der Waals surface area contributed by atoms with Gasteiger partial charge in [-0.05, 0) is 56.4 Å². The number of nitrogens with zero attached hydrogens (tertiary/aromatic N) is 2. The number of amides is 2. The van der Waals surface area contributed by atoms with E-state index in [0.717, 1.165) is 57.4 Å². The average Bonchev–Trinajstić information content (AvgIpc) is 2.72. The lowest BCUT2D eigenvalue weighted by atomic mass is 9.81. The van der Waals surface area contributed by atoms with Crippen LogP contribution in [0.1, 0.15) is 39.0 Å². The van der Waals surface area contributed by atoms with Gasteiger partial charge in [0.1, 0.15) is 5.82 Å². The van der Waals surface area contributed by atoms with Gasteiger partial charge in [0.25, 0.3) is 0 Å². The minimum atomic E-state index is -0.230. The zero-order valence-electron chi connectivity index (χ0n) is 16.1. The van der Waals surface area contributed by atoms with Gasteiger partial charge in [-0.1, -0.05) is 6.92 Å². The van der Waals surface area contributed by atoms with Crippen LogP contribution in [0.3, 0.4) is 0 Å². The largest absolute Gasteiger partial charge is 0.368 e. The van der Waals surface area contributed by atoms with Crippen LogP contribution < -0.4 is 10.2 Å². The number of carbonyl (C=O) groups excluding carboxylic acids is 2. The van der Waals surface area contributed by atoms with Gasteiger partial charge in [0, 0.05) is 50.2 Å². The van der Waals surface area contributed by atoms with Gasteiger partial charge in [-0.2, -0.15) is 0 Å². The van der Waals surface area contributed by atoms with Crippen LogP contribution in [0.2, 0.25) is 0 Å². The number of hydrogen-bond donors (Lipinski definition) is 1. The van der Waals surface area contributed by atoms with E-state index in [-0.39, 0.29) is 29.5 Å². The van der Waals surface area contributed by atoms with E-state index >= 15 is 0 Å². The number of piperazine rings is 1. The molecule has 1 aliphatic heterocycles. The molecule has 2 aliphatic rings. The molecule has 6 heteroatoms. The van der Waals surface area contributed by atoms with E-state index in [1.165, 1.54) is 12.1 Å². The van der Waals surface area contributed by atoms with Crippen molar-refractivity contribution in [3.63, 3.8) is 0 Å². The Morgan fingerprint density at radius 1 is 1.00 bits per heavy atom. The summed E-state index contributed by atoms with van der Waals surface area (Å²) in [6, 6.07) is 6.53. The van der Waals surface area contributed by atoms with E-state index in [9.17, 15) is 14.0 Å². The molecule has 1 saturated heterocycles. The summed E-state index contributed by atoms with van der Waals surface area (Å²) < 4.78 is 13.1. The average molecular weight is 375 g/mol. The Labute approximate surface area is 160 Å². The monoisotopic (exact) mass is 375 g/mol.